The largest absolute Gasteiger partial charge is 0.376 e. The number of sulfonamides is 1. The van der Waals surface area contributed by atoms with Gasteiger partial charge in [-0.2, -0.15) is 0 Å². The van der Waals surface area contributed by atoms with Crippen molar-refractivity contribution in [1.29, 1.82) is 0 Å². The molecule has 5 rings (SSSR count). The minimum absolute atomic E-state index is 0.0936. The lowest BCUT2D eigenvalue weighted by Crippen LogP contribution is -2.48. The number of ether oxygens (including phenoxy) is 1. The Bertz CT molecular complexity index is 1200. The highest BCUT2D eigenvalue weighted by Crippen LogP contribution is 2.35. The predicted molar refractivity (Wildman–Crippen MR) is 140 cm³/mol. The smallest absolute Gasteiger partial charge is 0.209 e. The Balaban J connectivity index is 1.25. The number of pyridine rings is 1. The molecular weight excluding hydrogens is 480 g/mol. The molecule has 1 unspecified atom stereocenters. The number of nitrogens with zero attached hydrogens (tertiary/aromatic N) is 3. The molecule has 0 amide bonds. The van der Waals surface area contributed by atoms with E-state index in [1.54, 1.807) is 23.7 Å². The van der Waals surface area contributed by atoms with Gasteiger partial charge in [0.05, 0.1) is 25.0 Å². The van der Waals surface area contributed by atoms with Crippen LogP contribution in [0.3, 0.4) is 0 Å². The van der Waals surface area contributed by atoms with Gasteiger partial charge in [-0.15, -0.1) is 11.3 Å². The molecule has 3 aromatic rings. The molecule has 0 radical (unpaired) electrons. The van der Waals surface area contributed by atoms with Crippen molar-refractivity contribution >= 4 is 27.2 Å². The summed E-state index contributed by atoms with van der Waals surface area (Å²) in [5, 5.41) is 2.98. The normalized spacial score (nSPS) is 25.1. The Kier molecular flexibility index (Phi) is 7.48. The topological polar surface area (TPSA) is 84.4 Å². The van der Waals surface area contributed by atoms with Gasteiger partial charge >= 0.3 is 0 Å². The first-order valence-corrected chi connectivity index (χ1v) is 15.0. The molecule has 2 atom stereocenters. The maximum atomic E-state index is 12.1. The molecule has 186 valence electrons. The van der Waals surface area contributed by atoms with Crippen LogP contribution in [-0.4, -0.2) is 56.0 Å². The van der Waals surface area contributed by atoms with E-state index >= 15 is 0 Å². The molecule has 1 N–H and O–H groups in total. The summed E-state index contributed by atoms with van der Waals surface area (Å²) in [5.41, 5.74) is 2.45. The first-order chi connectivity index (χ1) is 17.0. The molecule has 9 heteroatoms. The third kappa shape index (κ3) is 6.09. The van der Waals surface area contributed by atoms with E-state index in [0.29, 0.717) is 12.5 Å². The van der Waals surface area contributed by atoms with Crippen molar-refractivity contribution in [3.63, 3.8) is 0 Å². The van der Waals surface area contributed by atoms with E-state index in [2.05, 4.69) is 50.3 Å². The third-order valence-corrected chi connectivity index (χ3v) is 8.68. The van der Waals surface area contributed by atoms with Crippen LogP contribution in [-0.2, 0) is 14.8 Å². The fourth-order valence-electron chi connectivity index (χ4n) is 5.30. The lowest BCUT2D eigenvalue weighted by Gasteiger charge is -2.33. The maximum absolute atomic E-state index is 12.1. The van der Waals surface area contributed by atoms with Crippen molar-refractivity contribution in [3.05, 3.63) is 65.8 Å². The SMILES string of the molecule is CS(=O)(=O)N[C@H]1CCN(c2csc(-c3ccncc3)n2)C1COC1CCC(c2ccccc2)CC1. The Morgan fingerprint density at radius 1 is 1.06 bits per heavy atom. The molecule has 1 aromatic carbocycles. The number of thiazole rings is 1. The maximum Gasteiger partial charge on any atom is 0.209 e. The number of hydrogen-bond acceptors (Lipinski definition) is 7. The summed E-state index contributed by atoms with van der Waals surface area (Å²) in [5.74, 6) is 1.47. The van der Waals surface area contributed by atoms with Gasteiger partial charge in [0, 0.05) is 35.9 Å². The van der Waals surface area contributed by atoms with Crippen LogP contribution in [0, 0.1) is 0 Å². The van der Waals surface area contributed by atoms with Gasteiger partial charge in [0.1, 0.15) is 10.8 Å². The highest BCUT2D eigenvalue weighted by Gasteiger charge is 2.38. The Hall–Kier alpha value is -2.33. The first kappa shape index (κ1) is 24.4. The number of nitrogens with one attached hydrogen (secondary N) is 1. The first-order valence-electron chi connectivity index (χ1n) is 12.2. The van der Waals surface area contributed by atoms with Crippen molar-refractivity contribution in [3.8, 4) is 10.6 Å². The van der Waals surface area contributed by atoms with Crippen molar-refractivity contribution in [2.24, 2.45) is 0 Å². The minimum Gasteiger partial charge on any atom is -0.376 e. The van der Waals surface area contributed by atoms with Crippen LogP contribution in [0.2, 0.25) is 0 Å². The molecule has 1 aliphatic heterocycles. The van der Waals surface area contributed by atoms with Gasteiger partial charge in [-0.25, -0.2) is 18.1 Å². The van der Waals surface area contributed by atoms with Gasteiger partial charge in [-0.05, 0) is 55.7 Å². The van der Waals surface area contributed by atoms with E-state index < -0.39 is 10.0 Å². The van der Waals surface area contributed by atoms with Gasteiger partial charge in [0.25, 0.3) is 0 Å². The molecule has 0 spiro atoms. The summed E-state index contributed by atoms with van der Waals surface area (Å²) in [7, 11) is -3.32. The summed E-state index contributed by atoms with van der Waals surface area (Å²) in [6.45, 7) is 1.22. The van der Waals surface area contributed by atoms with Crippen molar-refractivity contribution in [2.45, 2.75) is 56.2 Å². The fourth-order valence-corrected chi connectivity index (χ4v) is 6.95. The molecular formula is C26H32N4O3S2. The van der Waals surface area contributed by atoms with Crippen molar-refractivity contribution in [1.82, 2.24) is 14.7 Å². The second-order valence-electron chi connectivity index (χ2n) is 9.51. The van der Waals surface area contributed by atoms with E-state index in [0.717, 1.165) is 55.0 Å². The molecule has 35 heavy (non-hydrogen) atoms. The van der Waals surface area contributed by atoms with Crippen molar-refractivity contribution in [2.75, 3.05) is 24.3 Å². The number of rotatable bonds is 8. The summed E-state index contributed by atoms with van der Waals surface area (Å²) >= 11 is 1.59. The number of aromatic nitrogens is 2. The van der Waals surface area contributed by atoms with Gasteiger partial charge in [-0.1, -0.05) is 30.3 Å². The Morgan fingerprint density at radius 2 is 1.80 bits per heavy atom. The van der Waals surface area contributed by atoms with Gasteiger partial charge < -0.3 is 9.64 Å². The van der Waals surface area contributed by atoms with Crippen LogP contribution >= 0.6 is 11.3 Å². The molecule has 1 aliphatic carbocycles. The van der Waals surface area contributed by atoms with Crippen LogP contribution in [0.1, 0.15) is 43.6 Å². The fraction of sp³-hybridized carbons (Fsp3) is 0.462. The molecule has 2 aromatic heterocycles. The lowest BCUT2D eigenvalue weighted by molar-refractivity contribution is 0.0156. The molecule has 7 nitrogen and oxygen atoms in total. The highest BCUT2D eigenvalue weighted by molar-refractivity contribution is 7.88. The van der Waals surface area contributed by atoms with Crippen LogP contribution in [0.25, 0.3) is 10.6 Å². The zero-order valence-corrected chi connectivity index (χ0v) is 21.5. The second kappa shape index (κ2) is 10.7. The van der Waals surface area contributed by atoms with Crippen molar-refractivity contribution < 1.29 is 13.2 Å². The third-order valence-electron chi connectivity index (χ3n) is 7.07. The molecule has 2 fully saturated rings. The quantitative estimate of drug-likeness (QED) is 0.480. The molecule has 1 saturated heterocycles. The summed E-state index contributed by atoms with van der Waals surface area (Å²) in [6, 6.07) is 14.3. The average Bonchev–Trinajstić information content (AvgIpc) is 3.50. The number of hydrogen-bond donors (Lipinski definition) is 1. The lowest BCUT2D eigenvalue weighted by atomic mass is 9.83. The van der Waals surface area contributed by atoms with Crippen LogP contribution in [0.4, 0.5) is 5.82 Å². The van der Waals surface area contributed by atoms with Crippen LogP contribution in [0.5, 0.6) is 0 Å². The van der Waals surface area contributed by atoms with E-state index in [1.807, 2.05) is 12.1 Å². The molecule has 1 saturated carbocycles. The summed E-state index contributed by atoms with van der Waals surface area (Å²) < 4.78 is 33.4. The monoisotopic (exact) mass is 512 g/mol. The van der Waals surface area contributed by atoms with Gasteiger partial charge in [0.15, 0.2) is 0 Å². The zero-order chi connectivity index (χ0) is 24.3. The van der Waals surface area contributed by atoms with Crippen LogP contribution in [0.15, 0.2) is 60.2 Å². The molecule has 0 bridgehead atoms. The summed E-state index contributed by atoms with van der Waals surface area (Å²) in [6.07, 6.45) is 9.98. The van der Waals surface area contributed by atoms with Crippen LogP contribution < -0.4 is 9.62 Å². The molecule has 3 heterocycles. The minimum atomic E-state index is -3.32. The highest BCUT2D eigenvalue weighted by atomic mass is 32.2. The van der Waals surface area contributed by atoms with E-state index in [1.165, 1.54) is 11.8 Å². The van der Waals surface area contributed by atoms with E-state index in [9.17, 15) is 8.42 Å². The zero-order valence-electron chi connectivity index (χ0n) is 19.9. The standard InChI is InChI=1S/C26H32N4O3S2/c1-35(31,32)29-23-13-16-30(25-18-34-26(28-25)21-11-14-27-15-12-21)24(23)17-33-22-9-7-20(8-10-22)19-5-3-2-4-6-19/h2-6,11-12,14-15,18,20,22-24,29H,7-10,13,16-17H2,1H3/t20?,22?,23-,24?/m0/s1. The van der Waals surface area contributed by atoms with Gasteiger partial charge in [-0.3, -0.25) is 4.98 Å². The Morgan fingerprint density at radius 3 is 2.51 bits per heavy atom. The molecule has 2 aliphatic rings. The summed E-state index contributed by atoms with van der Waals surface area (Å²) in [4.78, 5) is 11.2. The second-order valence-corrected chi connectivity index (χ2v) is 12.1. The number of benzene rings is 1. The van der Waals surface area contributed by atoms with Gasteiger partial charge in [0.2, 0.25) is 10.0 Å². The van der Waals surface area contributed by atoms with E-state index in [-0.39, 0.29) is 18.2 Å². The number of anilines is 1. The average molecular weight is 513 g/mol. The Labute approximate surface area is 211 Å². The predicted octanol–water partition coefficient (Wildman–Crippen LogP) is 4.44. The van der Waals surface area contributed by atoms with E-state index in [4.69, 9.17) is 9.72 Å².